The maximum atomic E-state index is 11.2. The lowest BCUT2D eigenvalue weighted by Gasteiger charge is -2.38. The smallest absolute Gasteiger partial charge is 0.219 e. The highest BCUT2D eigenvalue weighted by atomic mass is 16.2. The molecular weight excluding hydrogens is 190 g/mol. The van der Waals surface area contributed by atoms with Crippen molar-refractivity contribution in [2.75, 3.05) is 26.7 Å². The summed E-state index contributed by atoms with van der Waals surface area (Å²) in [6, 6.07) is 2.21. The molecule has 4 nitrogen and oxygen atoms in total. The molecule has 1 aliphatic rings. The minimum absolute atomic E-state index is 0.0772. The van der Waals surface area contributed by atoms with E-state index in [9.17, 15) is 4.79 Å². The fourth-order valence-electron chi connectivity index (χ4n) is 1.71. The Kier molecular flexibility index (Phi) is 6.39. The van der Waals surface area contributed by atoms with Crippen molar-refractivity contribution < 1.29 is 4.79 Å². The zero-order chi connectivity index (χ0) is 11.8. The Hall–Kier alpha value is -1.34. The number of rotatable bonds is 1. The van der Waals surface area contributed by atoms with Crippen LogP contribution < -0.4 is 0 Å². The molecule has 0 aromatic carbocycles. The fourth-order valence-corrected chi connectivity index (χ4v) is 1.71. The van der Waals surface area contributed by atoms with E-state index >= 15 is 0 Å². The minimum atomic E-state index is 0.0772. The van der Waals surface area contributed by atoms with Gasteiger partial charge in [0, 0.05) is 26.6 Å². The van der Waals surface area contributed by atoms with Crippen LogP contribution >= 0.6 is 0 Å². The van der Waals surface area contributed by atoms with E-state index in [0.717, 1.165) is 19.6 Å². The number of piperazine rings is 1. The molecule has 1 atom stereocenters. The van der Waals surface area contributed by atoms with E-state index in [4.69, 9.17) is 5.26 Å². The molecule has 0 radical (unpaired) electrons. The highest BCUT2D eigenvalue weighted by Gasteiger charge is 2.26. The molecule has 1 fully saturated rings. The third-order valence-corrected chi connectivity index (χ3v) is 2.42. The maximum Gasteiger partial charge on any atom is 0.219 e. The quantitative estimate of drug-likeness (QED) is 0.602. The van der Waals surface area contributed by atoms with Crippen molar-refractivity contribution in [2.45, 2.75) is 19.4 Å². The predicted octanol–water partition coefficient (Wildman–Crippen LogP) is 0.865. The molecule has 0 aromatic heterocycles. The maximum absolute atomic E-state index is 11.2. The molecule has 0 saturated carbocycles. The zero-order valence-electron chi connectivity index (χ0n) is 9.57. The number of hydrogen-bond acceptors (Lipinski definition) is 3. The number of carbonyl (C=O) groups excluding carboxylic acids is 1. The molecule has 0 aromatic rings. The number of nitrogens with zero attached hydrogens (tertiary/aromatic N) is 3. The third-order valence-electron chi connectivity index (χ3n) is 2.42. The van der Waals surface area contributed by atoms with Gasteiger partial charge in [0.25, 0.3) is 0 Å². The lowest BCUT2D eigenvalue weighted by molar-refractivity contribution is -0.133. The van der Waals surface area contributed by atoms with E-state index in [0.29, 0.717) is 6.42 Å². The van der Waals surface area contributed by atoms with Crippen molar-refractivity contribution in [2.24, 2.45) is 0 Å². The Morgan fingerprint density at radius 1 is 1.53 bits per heavy atom. The molecule has 1 unspecified atom stereocenters. The fraction of sp³-hybridized carbons (Fsp3) is 0.636. The summed E-state index contributed by atoms with van der Waals surface area (Å²) in [5.41, 5.74) is 0. The van der Waals surface area contributed by atoms with Crippen LogP contribution in [0.25, 0.3) is 0 Å². The molecule has 0 spiro atoms. The second kappa shape index (κ2) is 7.02. The van der Waals surface area contributed by atoms with E-state index in [1.807, 2.05) is 7.05 Å². The highest BCUT2D eigenvalue weighted by Crippen LogP contribution is 2.11. The second-order valence-electron chi connectivity index (χ2n) is 3.49. The van der Waals surface area contributed by atoms with Crippen molar-refractivity contribution in [3.8, 4) is 6.07 Å². The summed E-state index contributed by atoms with van der Waals surface area (Å²) in [4.78, 5) is 15.1. The SMILES string of the molecule is C=C.CC(=O)N1CCN(C)CC1CC#N. The van der Waals surface area contributed by atoms with Gasteiger partial charge in [0.15, 0.2) is 0 Å². The van der Waals surface area contributed by atoms with Gasteiger partial charge < -0.3 is 9.80 Å². The first kappa shape index (κ1) is 13.7. The monoisotopic (exact) mass is 209 g/mol. The van der Waals surface area contributed by atoms with Gasteiger partial charge >= 0.3 is 0 Å². The van der Waals surface area contributed by atoms with E-state index in [-0.39, 0.29) is 11.9 Å². The summed E-state index contributed by atoms with van der Waals surface area (Å²) in [5, 5.41) is 8.60. The van der Waals surface area contributed by atoms with Gasteiger partial charge in [0.2, 0.25) is 5.91 Å². The molecule has 1 amide bonds. The Balaban J connectivity index is 0.000000921. The minimum Gasteiger partial charge on any atom is -0.336 e. The molecule has 1 saturated heterocycles. The molecule has 0 aliphatic carbocycles. The average molecular weight is 209 g/mol. The van der Waals surface area contributed by atoms with Crippen LogP contribution in [0.3, 0.4) is 0 Å². The summed E-state index contributed by atoms with van der Waals surface area (Å²) >= 11 is 0. The summed E-state index contributed by atoms with van der Waals surface area (Å²) in [7, 11) is 2.02. The van der Waals surface area contributed by atoms with Gasteiger partial charge in [0.05, 0.1) is 18.5 Å². The van der Waals surface area contributed by atoms with Crippen LogP contribution in [0.4, 0.5) is 0 Å². The van der Waals surface area contributed by atoms with Gasteiger partial charge in [-0.15, -0.1) is 13.2 Å². The molecule has 1 heterocycles. The van der Waals surface area contributed by atoms with Crippen molar-refractivity contribution in [1.29, 1.82) is 5.26 Å². The topological polar surface area (TPSA) is 47.3 Å². The first-order valence-electron chi connectivity index (χ1n) is 4.98. The van der Waals surface area contributed by atoms with Gasteiger partial charge in [-0.05, 0) is 7.05 Å². The molecule has 1 aliphatic heterocycles. The number of hydrogen-bond donors (Lipinski definition) is 0. The Labute approximate surface area is 91.8 Å². The molecule has 0 N–H and O–H groups in total. The van der Waals surface area contributed by atoms with Crippen LogP contribution in [0.15, 0.2) is 13.2 Å². The Morgan fingerprint density at radius 2 is 2.13 bits per heavy atom. The molecule has 15 heavy (non-hydrogen) atoms. The van der Waals surface area contributed by atoms with Gasteiger partial charge in [-0.25, -0.2) is 0 Å². The van der Waals surface area contributed by atoms with Crippen LogP contribution in [0.1, 0.15) is 13.3 Å². The first-order valence-corrected chi connectivity index (χ1v) is 4.98. The van der Waals surface area contributed by atoms with Gasteiger partial charge in [-0.2, -0.15) is 5.26 Å². The summed E-state index contributed by atoms with van der Waals surface area (Å²) in [6.45, 7) is 10.0. The highest BCUT2D eigenvalue weighted by molar-refractivity contribution is 5.73. The van der Waals surface area contributed by atoms with E-state index < -0.39 is 0 Å². The van der Waals surface area contributed by atoms with Crippen molar-refractivity contribution in [1.82, 2.24) is 9.80 Å². The van der Waals surface area contributed by atoms with E-state index in [2.05, 4.69) is 24.1 Å². The van der Waals surface area contributed by atoms with Gasteiger partial charge in [0.1, 0.15) is 0 Å². The predicted molar refractivity (Wildman–Crippen MR) is 60.2 cm³/mol. The van der Waals surface area contributed by atoms with Crippen LogP contribution in [0.2, 0.25) is 0 Å². The van der Waals surface area contributed by atoms with E-state index in [1.165, 1.54) is 0 Å². The summed E-state index contributed by atoms with van der Waals surface area (Å²) < 4.78 is 0. The van der Waals surface area contributed by atoms with Crippen LogP contribution in [-0.2, 0) is 4.79 Å². The number of carbonyl (C=O) groups is 1. The van der Waals surface area contributed by atoms with Crippen LogP contribution in [0.5, 0.6) is 0 Å². The van der Waals surface area contributed by atoms with Crippen LogP contribution in [-0.4, -0.2) is 48.4 Å². The third kappa shape index (κ3) is 4.13. The standard InChI is InChI=1S/C9H15N3O.C2H4/c1-8(13)12-6-5-11(2)7-9(12)3-4-10;1-2/h9H,3,5-7H2,1-2H3;1-2H2. The average Bonchev–Trinajstić information content (AvgIpc) is 2.21. The van der Waals surface area contributed by atoms with Crippen LogP contribution in [0, 0.1) is 11.3 Å². The normalized spacial score (nSPS) is 21.1. The zero-order valence-corrected chi connectivity index (χ0v) is 9.57. The summed E-state index contributed by atoms with van der Waals surface area (Å²) in [6.07, 6.45) is 0.434. The molecule has 1 rings (SSSR count). The molecule has 4 heteroatoms. The van der Waals surface area contributed by atoms with Crippen molar-refractivity contribution >= 4 is 5.91 Å². The van der Waals surface area contributed by atoms with Gasteiger partial charge in [-0.1, -0.05) is 0 Å². The first-order chi connectivity index (χ1) is 7.15. The van der Waals surface area contributed by atoms with Crippen molar-refractivity contribution in [3.05, 3.63) is 13.2 Å². The molecular formula is C11H19N3O. The number of likely N-dealkylation sites (N-methyl/N-ethyl adjacent to an activating group) is 1. The number of amides is 1. The lowest BCUT2D eigenvalue weighted by Crippen LogP contribution is -2.53. The largest absolute Gasteiger partial charge is 0.336 e. The summed E-state index contributed by atoms with van der Waals surface area (Å²) in [5.74, 6) is 0.0772. The number of nitriles is 1. The van der Waals surface area contributed by atoms with Crippen molar-refractivity contribution in [3.63, 3.8) is 0 Å². The molecule has 0 bridgehead atoms. The molecule has 84 valence electrons. The van der Waals surface area contributed by atoms with Gasteiger partial charge in [-0.3, -0.25) is 4.79 Å². The Morgan fingerprint density at radius 3 is 2.60 bits per heavy atom. The second-order valence-corrected chi connectivity index (χ2v) is 3.49. The Bertz CT molecular complexity index is 247. The lowest BCUT2D eigenvalue weighted by atomic mass is 10.1. The van der Waals surface area contributed by atoms with E-state index in [1.54, 1.807) is 11.8 Å².